The van der Waals surface area contributed by atoms with E-state index in [9.17, 15) is 4.79 Å². The number of carbonyl (C=O) groups is 1. The third kappa shape index (κ3) is 7.19. The number of methoxy groups -OCH3 is 1. The SMILES string of the molecule is CO[C@@H]1CCCCC1c1cc2cc(NC(=O)/C=C/CN(C)C)ccc2c(-c2ccccc2CNc2cc(N)nc3c(C(C)C)cnn23)n1. The number of nitrogens with two attached hydrogens (primary N) is 1. The zero-order chi connectivity index (χ0) is 33.8. The molecular weight excluding hydrogens is 600 g/mol. The largest absolute Gasteiger partial charge is 0.384 e. The smallest absolute Gasteiger partial charge is 0.248 e. The van der Waals surface area contributed by atoms with E-state index < -0.39 is 0 Å². The highest BCUT2D eigenvalue weighted by atomic mass is 16.5. The fraction of sp³-hybridized carbons (Fsp3) is 0.368. The number of benzene rings is 2. The zero-order valence-corrected chi connectivity index (χ0v) is 28.5. The highest BCUT2D eigenvalue weighted by Crippen LogP contribution is 2.39. The lowest BCUT2D eigenvalue weighted by atomic mass is 9.83. The molecule has 1 unspecified atom stereocenters. The van der Waals surface area contributed by atoms with Gasteiger partial charge in [0.25, 0.3) is 0 Å². The van der Waals surface area contributed by atoms with Gasteiger partial charge in [0.1, 0.15) is 11.6 Å². The molecule has 1 aliphatic rings. The molecular formula is C38H46N8O2. The minimum Gasteiger partial charge on any atom is -0.384 e. The van der Waals surface area contributed by atoms with Gasteiger partial charge in [-0.1, -0.05) is 63.1 Å². The van der Waals surface area contributed by atoms with Gasteiger partial charge >= 0.3 is 0 Å². The number of nitrogen functional groups attached to an aromatic ring is 1. The Hall–Kier alpha value is -4.80. The van der Waals surface area contributed by atoms with Crippen molar-refractivity contribution in [1.29, 1.82) is 0 Å². The molecule has 3 heterocycles. The molecule has 2 aromatic carbocycles. The molecule has 10 heteroatoms. The monoisotopic (exact) mass is 646 g/mol. The van der Waals surface area contributed by atoms with Gasteiger partial charge in [-0.3, -0.25) is 9.78 Å². The summed E-state index contributed by atoms with van der Waals surface area (Å²) in [5.41, 5.74) is 12.8. The summed E-state index contributed by atoms with van der Waals surface area (Å²) < 4.78 is 7.80. The predicted octanol–water partition coefficient (Wildman–Crippen LogP) is 6.99. The summed E-state index contributed by atoms with van der Waals surface area (Å²) in [4.78, 5) is 24.7. The maximum Gasteiger partial charge on any atom is 0.248 e. The quantitative estimate of drug-likeness (QED) is 0.131. The zero-order valence-electron chi connectivity index (χ0n) is 28.5. The van der Waals surface area contributed by atoms with Crippen molar-refractivity contribution < 1.29 is 9.53 Å². The van der Waals surface area contributed by atoms with Crippen LogP contribution >= 0.6 is 0 Å². The molecule has 1 saturated carbocycles. The molecule has 1 amide bonds. The fourth-order valence-electron chi connectivity index (χ4n) is 6.65. The second kappa shape index (κ2) is 14.5. The first kappa shape index (κ1) is 33.1. The molecule has 1 fully saturated rings. The Bertz CT molecular complexity index is 1950. The van der Waals surface area contributed by atoms with E-state index in [1.807, 2.05) is 60.0 Å². The first-order chi connectivity index (χ1) is 23.2. The Labute approximate surface area is 282 Å². The number of amides is 1. The number of ether oxygens (including phenoxy) is 1. The van der Waals surface area contributed by atoms with E-state index in [0.717, 1.165) is 81.7 Å². The van der Waals surface area contributed by atoms with Crippen molar-refractivity contribution >= 4 is 39.6 Å². The number of aromatic nitrogens is 4. The number of pyridine rings is 1. The molecule has 0 aliphatic heterocycles. The lowest BCUT2D eigenvalue weighted by molar-refractivity contribution is -0.111. The van der Waals surface area contributed by atoms with Crippen molar-refractivity contribution in [2.75, 3.05) is 44.1 Å². The number of anilines is 3. The molecule has 0 radical (unpaired) electrons. The Balaban J connectivity index is 1.39. The lowest BCUT2D eigenvalue weighted by Crippen LogP contribution is -2.25. The summed E-state index contributed by atoms with van der Waals surface area (Å²) in [6.45, 7) is 5.47. The summed E-state index contributed by atoms with van der Waals surface area (Å²) in [5, 5.41) is 13.3. The number of rotatable bonds is 11. The van der Waals surface area contributed by atoms with Crippen molar-refractivity contribution in [2.45, 2.75) is 64.0 Å². The predicted molar refractivity (Wildman–Crippen MR) is 194 cm³/mol. The molecule has 48 heavy (non-hydrogen) atoms. The molecule has 250 valence electrons. The number of likely N-dealkylation sites (N-methyl/N-ethyl adjacent to an activating group) is 1. The van der Waals surface area contributed by atoms with E-state index in [4.69, 9.17) is 15.5 Å². The van der Waals surface area contributed by atoms with Crippen LogP contribution in [-0.4, -0.2) is 64.2 Å². The Morgan fingerprint density at radius 3 is 2.71 bits per heavy atom. The van der Waals surface area contributed by atoms with Gasteiger partial charge in [0.05, 0.1) is 18.0 Å². The van der Waals surface area contributed by atoms with Crippen molar-refractivity contribution in [3.8, 4) is 11.3 Å². The summed E-state index contributed by atoms with van der Waals surface area (Å²) in [5.74, 6) is 1.52. The lowest BCUT2D eigenvalue weighted by Gasteiger charge is -2.30. The average molecular weight is 647 g/mol. The highest BCUT2D eigenvalue weighted by Gasteiger charge is 2.29. The third-order valence-corrected chi connectivity index (χ3v) is 9.12. The van der Waals surface area contributed by atoms with Crippen LogP contribution in [0.25, 0.3) is 27.7 Å². The fourth-order valence-corrected chi connectivity index (χ4v) is 6.65. The van der Waals surface area contributed by atoms with Gasteiger partial charge in [-0.25, -0.2) is 4.98 Å². The number of fused-ring (bicyclic) bond motifs is 2. The normalized spacial score (nSPS) is 16.8. The van der Waals surface area contributed by atoms with E-state index in [2.05, 4.69) is 64.9 Å². The van der Waals surface area contributed by atoms with Crippen molar-refractivity contribution in [2.24, 2.45) is 0 Å². The second-order valence-electron chi connectivity index (χ2n) is 13.2. The Morgan fingerprint density at radius 2 is 1.92 bits per heavy atom. The molecule has 2 atom stereocenters. The Kier molecular flexibility index (Phi) is 10.0. The van der Waals surface area contributed by atoms with Crippen LogP contribution in [0.2, 0.25) is 0 Å². The second-order valence-corrected chi connectivity index (χ2v) is 13.2. The summed E-state index contributed by atoms with van der Waals surface area (Å²) >= 11 is 0. The van der Waals surface area contributed by atoms with Crippen LogP contribution in [0.3, 0.4) is 0 Å². The number of hydrogen-bond donors (Lipinski definition) is 3. The van der Waals surface area contributed by atoms with Gasteiger partial charge in [0.15, 0.2) is 5.65 Å². The van der Waals surface area contributed by atoms with Crippen molar-refractivity contribution in [3.05, 3.63) is 89.8 Å². The van der Waals surface area contributed by atoms with E-state index in [0.29, 0.717) is 18.9 Å². The maximum atomic E-state index is 12.7. The maximum absolute atomic E-state index is 12.7. The standard InChI is InChI=1S/C38H46N8O2/c1-24(2)31-23-41-46-35(21-34(39)44-38(31)46)40-22-25-11-6-7-12-28(25)37-29-17-16-27(42-36(47)15-10-18-45(3)4)19-26(29)20-32(43-37)30-13-8-9-14-33(30)48-5/h6-7,10-12,15-17,19-21,23-24,30,33,40H,8-9,13-14,18,22H2,1-5H3,(H2,39,44)(H,42,47)/b15-10+/t30?,33-/m1/s1. The molecule has 6 rings (SSSR count). The van der Waals surface area contributed by atoms with Crippen LogP contribution in [-0.2, 0) is 16.1 Å². The minimum atomic E-state index is -0.155. The van der Waals surface area contributed by atoms with Crippen molar-refractivity contribution in [3.63, 3.8) is 0 Å². The molecule has 4 N–H and O–H groups in total. The van der Waals surface area contributed by atoms with Gasteiger partial charge in [-0.15, -0.1) is 0 Å². The summed E-state index contributed by atoms with van der Waals surface area (Å²) in [7, 11) is 5.74. The minimum absolute atomic E-state index is 0.113. The van der Waals surface area contributed by atoms with Crippen LogP contribution in [0.15, 0.2) is 72.9 Å². The Morgan fingerprint density at radius 1 is 1.10 bits per heavy atom. The van der Waals surface area contributed by atoms with Gasteiger partial charge in [0, 0.05) is 66.2 Å². The van der Waals surface area contributed by atoms with Crippen LogP contribution < -0.4 is 16.4 Å². The molecule has 5 aromatic rings. The van der Waals surface area contributed by atoms with Crippen LogP contribution in [0.4, 0.5) is 17.3 Å². The van der Waals surface area contributed by atoms with Crippen LogP contribution in [0.5, 0.6) is 0 Å². The summed E-state index contributed by atoms with van der Waals surface area (Å²) in [6.07, 6.45) is 9.75. The van der Waals surface area contributed by atoms with Gasteiger partial charge in [-0.2, -0.15) is 9.61 Å². The van der Waals surface area contributed by atoms with Crippen LogP contribution in [0.1, 0.15) is 68.2 Å². The topological polar surface area (TPSA) is 123 Å². The third-order valence-electron chi connectivity index (χ3n) is 9.12. The summed E-state index contributed by atoms with van der Waals surface area (Å²) in [6, 6.07) is 18.4. The first-order valence-corrected chi connectivity index (χ1v) is 16.8. The first-order valence-electron chi connectivity index (χ1n) is 16.8. The van der Waals surface area contributed by atoms with E-state index in [1.54, 1.807) is 13.2 Å². The van der Waals surface area contributed by atoms with Gasteiger partial charge in [0.2, 0.25) is 5.91 Å². The highest BCUT2D eigenvalue weighted by molar-refractivity contribution is 6.02. The van der Waals surface area contributed by atoms with Crippen LogP contribution in [0, 0.1) is 0 Å². The van der Waals surface area contributed by atoms with Gasteiger partial charge in [-0.05, 0) is 62.0 Å². The molecule has 10 nitrogen and oxygen atoms in total. The van der Waals surface area contributed by atoms with E-state index >= 15 is 0 Å². The number of nitrogens with one attached hydrogen (secondary N) is 2. The van der Waals surface area contributed by atoms with Crippen molar-refractivity contribution in [1.82, 2.24) is 24.5 Å². The molecule has 0 bridgehead atoms. The molecule has 0 saturated heterocycles. The molecule has 0 spiro atoms. The molecule has 1 aliphatic carbocycles. The average Bonchev–Trinajstić information content (AvgIpc) is 3.51. The number of nitrogens with zero attached hydrogens (tertiary/aromatic N) is 5. The van der Waals surface area contributed by atoms with E-state index in [1.165, 1.54) is 0 Å². The van der Waals surface area contributed by atoms with E-state index in [-0.39, 0.29) is 23.8 Å². The number of hydrogen-bond acceptors (Lipinski definition) is 8. The molecule has 3 aromatic heterocycles. The number of carbonyl (C=O) groups excluding carboxylic acids is 1. The van der Waals surface area contributed by atoms with Gasteiger partial charge < -0.3 is 26.0 Å².